The topological polar surface area (TPSA) is 176 Å². The summed E-state index contributed by atoms with van der Waals surface area (Å²) in [5.74, 6) is -2.16. The average molecular weight is 583 g/mol. The number of rotatable bonds is 8. The smallest absolute Gasteiger partial charge is 0.268 e. The Hall–Kier alpha value is -5.75. The van der Waals surface area contributed by atoms with Gasteiger partial charge in [0.2, 0.25) is 0 Å². The van der Waals surface area contributed by atoms with Gasteiger partial charge in [0.25, 0.3) is 11.5 Å². The van der Waals surface area contributed by atoms with E-state index < -0.39 is 23.3 Å². The number of phenols is 1. The number of hydrogen-bond donors (Lipinski definition) is 6. The van der Waals surface area contributed by atoms with Crippen molar-refractivity contribution in [2.24, 2.45) is 0 Å². The second kappa shape index (κ2) is 12.0. The van der Waals surface area contributed by atoms with Gasteiger partial charge < -0.3 is 31.3 Å². The van der Waals surface area contributed by atoms with Crippen LogP contribution in [0.25, 0.3) is 16.6 Å². The highest BCUT2D eigenvalue weighted by Gasteiger charge is 2.21. The summed E-state index contributed by atoms with van der Waals surface area (Å²) in [4.78, 5) is 30.8. The van der Waals surface area contributed by atoms with E-state index >= 15 is 4.39 Å². The molecule has 7 N–H and O–H groups in total. The van der Waals surface area contributed by atoms with Crippen molar-refractivity contribution in [1.82, 2.24) is 14.9 Å². The number of halogens is 1. The molecular formula is C31H27FN6O5. The first-order chi connectivity index (χ1) is 20.7. The summed E-state index contributed by atoms with van der Waals surface area (Å²) in [7, 11) is 0. The third-order valence-corrected chi connectivity index (χ3v) is 6.55. The van der Waals surface area contributed by atoms with Gasteiger partial charge in [-0.05, 0) is 49.4 Å². The van der Waals surface area contributed by atoms with E-state index in [0.717, 1.165) is 6.07 Å². The van der Waals surface area contributed by atoms with E-state index in [1.807, 2.05) is 0 Å². The first-order valence-corrected chi connectivity index (χ1v) is 13.1. The van der Waals surface area contributed by atoms with Crippen LogP contribution in [0.1, 0.15) is 22.8 Å². The van der Waals surface area contributed by atoms with Gasteiger partial charge in [-0.3, -0.25) is 19.6 Å². The lowest BCUT2D eigenvalue weighted by molar-refractivity contribution is 0.102. The first kappa shape index (κ1) is 28.8. The molecule has 0 radical (unpaired) electrons. The predicted molar refractivity (Wildman–Crippen MR) is 161 cm³/mol. The van der Waals surface area contributed by atoms with Crippen LogP contribution >= 0.6 is 0 Å². The molecule has 0 fully saturated rings. The van der Waals surface area contributed by atoms with Crippen molar-refractivity contribution in [2.75, 3.05) is 17.7 Å². The number of aromatic nitrogens is 2. The second-order valence-corrected chi connectivity index (χ2v) is 9.62. The van der Waals surface area contributed by atoms with Crippen molar-refractivity contribution >= 4 is 34.2 Å². The van der Waals surface area contributed by atoms with Gasteiger partial charge in [-0.1, -0.05) is 24.3 Å². The van der Waals surface area contributed by atoms with Gasteiger partial charge in [-0.15, -0.1) is 0 Å². The SMILES string of the molecule is C[C@H](CO)NC(=N)c1c(Oc2ccc(NC(=O)c3cc4c(O)cccc4n(-c4ccccc4)c3=O)cc2F)ccnc1N. The molecular weight excluding hydrogens is 555 g/mol. The Morgan fingerprint density at radius 3 is 2.58 bits per heavy atom. The van der Waals surface area contributed by atoms with Crippen molar-refractivity contribution in [1.29, 1.82) is 5.41 Å². The first-order valence-electron chi connectivity index (χ1n) is 13.1. The molecule has 3 aromatic carbocycles. The monoisotopic (exact) mass is 582 g/mol. The van der Waals surface area contributed by atoms with Gasteiger partial charge in [0, 0.05) is 41.1 Å². The fourth-order valence-corrected chi connectivity index (χ4v) is 4.45. The van der Waals surface area contributed by atoms with Gasteiger partial charge >= 0.3 is 0 Å². The number of nitrogens with one attached hydrogen (secondary N) is 3. The number of nitrogens with zero attached hydrogens (tertiary/aromatic N) is 2. The molecule has 0 saturated heterocycles. The van der Waals surface area contributed by atoms with Crippen molar-refractivity contribution in [2.45, 2.75) is 13.0 Å². The Morgan fingerprint density at radius 1 is 1.09 bits per heavy atom. The fraction of sp³-hybridized carbons (Fsp3) is 0.0968. The standard InChI is InChI=1S/C31H27FN6O5/c1-17(16-39)36-29(34)27-26(12-13-35-28(27)33)43-25-11-10-18(14-22(25)32)37-30(41)21-15-20-23(8-5-9-24(20)40)38(31(21)42)19-6-3-2-4-7-19/h2-15,17,39-40H,16H2,1H3,(H2,33,35)(H2,34,36)(H,37,41)/t17-/m1/s1. The number of carbonyl (C=O) groups is 1. The molecule has 43 heavy (non-hydrogen) atoms. The average Bonchev–Trinajstić information content (AvgIpc) is 2.98. The number of hydrogen-bond acceptors (Lipinski definition) is 8. The number of pyridine rings is 2. The van der Waals surface area contributed by atoms with Crippen LogP contribution in [0, 0.1) is 11.2 Å². The van der Waals surface area contributed by atoms with Gasteiger partial charge in [-0.2, -0.15) is 0 Å². The van der Waals surface area contributed by atoms with Crippen LogP contribution in [0.4, 0.5) is 15.9 Å². The Labute approximate surface area is 244 Å². The number of amidine groups is 1. The molecule has 0 bridgehead atoms. The van der Waals surface area contributed by atoms with Crippen molar-refractivity contribution in [3.05, 3.63) is 112 Å². The predicted octanol–water partition coefficient (Wildman–Crippen LogP) is 4.15. The number of nitrogen functional groups attached to an aromatic ring is 1. The minimum Gasteiger partial charge on any atom is -0.507 e. The number of phenolic OH excluding ortho intramolecular Hbond substituents is 1. The molecule has 2 heterocycles. The van der Waals surface area contributed by atoms with E-state index in [-0.39, 0.29) is 57.7 Å². The molecule has 0 spiro atoms. The summed E-state index contributed by atoms with van der Waals surface area (Å²) < 4.78 is 22.2. The number of aromatic hydroxyl groups is 1. The number of anilines is 2. The molecule has 0 unspecified atom stereocenters. The van der Waals surface area contributed by atoms with Gasteiger partial charge in [0.15, 0.2) is 11.6 Å². The summed E-state index contributed by atoms with van der Waals surface area (Å²) in [5.41, 5.74) is 6.08. The molecule has 5 rings (SSSR count). The van der Waals surface area contributed by atoms with Crippen LogP contribution < -0.4 is 26.7 Å². The number of benzene rings is 3. The number of ether oxygens (including phenoxy) is 1. The normalized spacial score (nSPS) is 11.6. The maximum Gasteiger partial charge on any atom is 0.268 e. The molecule has 0 saturated carbocycles. The van der Waals surface area contributed by atoms with Crippen molar-refractivity contribution < 1.29 is 24.1 Å². The maximum atomic E-state index is 15.2. The minimum atomic E-state index is -0.847. The Kier molecular flexibility index (Phi) is 8.03. The van der Waals surface area contributed by atoms with Crippen LogP contribution in [0.2, 0.25) is 0 Å². The summed E-state index contributed by atoms with van der Waals surface area (Å²) >= 11 is 0. The zero-order valence-corrected chi connectivity index (χ0v) is 22.8. The lowest BCUT2D eigenvalue weighted by atomic mass is 10.1. The third kappa shape index (κ3) is 5.85. The number of nitrogens with two attached hydrogens (primary N) is 1. The van der Waals surface area contributed by atoms with Crippen LogP contribution in [0.3, 0.4) is 0 Å². The molecule has 218 valence electrons. The van der Waals surface area contributed by atoms with E-state index in [1.54, 1.807) is 49.4 Å². The Morgan fingerprint density at radius 2 is 1.86 bits per heavy atom. The lowest BCUT2D eigenvalue weighted by Gasteiger charge is -2.18. The quantitative estimate of drug-likeness (QED) is 0.117. The molecule has 1 amide bonds. The molecule has 0 aliphatic rings. The lowest BCUT2D eigenvalue weighted by Crippen LogP contribution is -2.35. The van der Waals surface area contributed by atoms with E-state index in [2.05, 4.69) is 15.6 Å². The molecule has 0 aliphatic heterocycles. The number of amides is 1. The molecule has 0 aliphatic carbocycles. The largest absolute Gasteiger partial charge is 0.507 e. The maximum absolute atomic E-state index is 15.2. The molecule has 2 aromatic heterocycles. The third-order valence-electron chi connectivity index (χ3n) is 6.55. The van der Waals surface area contributed by atoms with E-state index in [9.17, 15) is 19.8 Å². The van der Waals surface area contributed by atoms with Crippen LogP contribution in [-0.4, -0.2) is 44.2 Å². The van der Waals surface area contributed by atoms with Gasteiger partial charge in [0.1, 0.15) is 34.3 Å². The number of para-hydroxylation sites is 1. The summed E-state index contributed by atoms with van der Waals surface area (Å²) in [6.45, 7) is 1.42. The van der Waals surface area contributed by atoms with Gasteiger partial charge in [-0.25, -0.2) is 9.37 Å². The highest BCUT2D eigenvalue weighted by molar-refractivity contribution is 6.06. The number of aliphatic hydroxyl groups excluding tert-OH is 1. The van der Waals surface area contributed by atoms with Crippen molar-refractivity contribution in [3.63, 3.8) is 0 Å². The number of carbonyl (C=O) groups excluding carboxylic acids is 1. The summed E-state index contributed by atoms with van der Waals surface area (Å²) in [5, 5.41) is 33.7. The zero-order valence-electron chi connectivity index (χ0n) is 22.8. The summed E-state index contributed by atoms with van der Waals surface area (Å²) in [6, 6.07) is 19.3. The second-order valence-electron chi connectivity index (χ2n) is 9.62. The van der Waals surface area contributed by atoms with Crippen LogP contribution in [0.5, 0.6) is 17.2 Å². The highest BCUT2D eigenvalue weighted by atomic mass is 19.1. The Bertz CT molecular complexity index is 1910. The molecule has 5 aromatic rings. The molecule has 1 atom stereocenters. The fourth-order valence-electron chi connectivity index (χ4n) is 4.45. The highest BCUT2D eigenvalue weighted by Crippen LogP contribution is 2.31. The van der Waals surface area contributed by atoms with Crippen LogP contribution in [-0.2, 0) is 0 Å². The zero-order chi connectivity index (χ0) is 30.7. The van der Waals surface area contributed by atoms with Crippen LogP contribution in [0.15, 0.2) is 89.9 Å². The van der Waals surface area contributed by atoms with E-state index in [4.69, 9.17) is 15.9 Å². The number of fused-ring (bicyclic) bond motifs is 1. The summed E-state index contributed by atoms with van der Waals surface area (Å²) in [6.07, 6.45) is 1.34. The van der Waals surface area contributed by atoms with Gasteiger partial charge in [0.05, 0.1) is 12.1 Å². The minimum absolute atomic E-state index is 0.0352. The van der Waals surface area contributed by atoms with E-state index in [1.165, 1.54) is 41.1 Å². The number of aliphatic hydroxyl groups is 1. The van der Waals surface area contributed by atoms with Crippen molar-refractivity contribution in [3.8, 4) is 22.9 Å². The molecule has 12 heteroatoms. The Balaban J connectivity index is 1.44. The molecule has 11 nitrogen and oxygen atoms in total. The van der Waals surface area contributed by atoms with E-state index in [0.29, 0.717) is 11.2 Å².